The topological polar surface area (TPSA) is 0 Å². The summed E-state index contributed by atoms with van der Waals surface area (Å²) in [5.41, 5.74) is 4.34. The standard InChI is InChI=1S/C15H16.C10H14.C5H12.3C2H6.CH4/c1-3-8-14(9-4-1)12-7-13-15-10-5-2-6-11-15;1-2-3-7-10-8-5-4-6-9-10;1-3-5-4-2;3*1-2;/h1-6,8-11H,7,12-13H2;4-6,8-9H,2-3,7H2,1H3;3-5H2,1-2H3;3*1-2H3;1H4. The Morgan fingerprint density at radius 1 is 0.351 bits per heavy atom. The van der Waals surface area contributed by atoms with Crippen molar-refractivity contribution in [1.29, 1.82) is 0 Å². The van der Waals surface area contributed by atoms with Crippen molar-refractivity contribution >= 4 is 0 Å². The van der Waals surface area contributed by atoms with Crippen molar-refractivity contribution in [2.45, 2.75) is 128 Å². The predicted molar refractivity (Wildman–Crippen MR) is 176 cm³/mol. The van der Waals surface area contributed by atoms with Crippen molar-refractivity contribution in [3.8, 4) is 0 Å². The molecule has 0 heterocycles. The first kappa shape index (κ1) is 41.8. The zero-order valence-electron chi connectivity index (χ0n) is 25.5. The van der Waals surface area contributed by atoms with E-state index in [2.05, 4.69) is 112 Å². The highest BCUT2D eigenvalue weighted by Gasteiger charge is 1.93. The summed E-state index contributed by atoms with van der Waals surface area (Å²) < 4.78 is 0. The second-order valence-corrected chi connectivity index (χ2v) is 7.77. The first-order chi connectivity index (χ1) is 17.8. The average molecular weight is 509 g/mol. The second-order valence-electron chi connectivity index (χ2n) is 7.77. The molecule has 0 heteroatoms. The van der Waals surface area contributed by atoms with Crippen LogP contribution in [0.2, 0.25) is 0 Å². The SMILES string of the molecule is C.CC.CC.CC.CCCCC.CCCCc1ccccc1.c1ccc(CCCc2ccccc2)cc1. The van der Waals surface area contributed by atoms with Crippen LogP contribution in [0.25, 0.3) is 0 Å². The lowest BCUT2D eigenvalue weighted by atomic mass is 10.0. The highest BCUT2D eigenvalue weighted by atomic mass is 14.0. The number of benzene rings is 3. The average Bonchev–Trinajstić information content (AvgIpc) is 2.98. The fourth-order valence-electron chi connectivity index (χ4n) is 3.17. The van der Waals surface area contributed by atoms with E-state index in [1.807, 2.05) is 41.5 Å². The van der Waals surface area contributed by atoms with E-state index in [9.17, 15) is 0 Å². The molecule has 3 aromatic carbocycles. The number of hydrogen-bond donors (Lipinski definition) is 0. The van der Waals surface area contributed by atoms with Crippen molar-refractivity contribution in [3.63, 3.8) is 0 Å². The molecule has 3 aromatic rings. The lowest BCUT2D eigenvalue weighted by Crippen LogP contribution is -1.89. The van der Waals surface area contributed by atoms with Crippen molar-refractivity contribution in [1.82, 2.24) is 0 Å². The van der Waals surface area contributed by atoms with Gasteiger partial charge in [0.1, 0.15) is 0 Å². The van der Waals surface area contributed by atoms with Crippen molar-refractivity contribution in [2.75, 3.05) is 0 Å². The molecular weight excluding hydrogens is 444 g/mol. The van der Waals surface area contributed by atoms with Crippen LogP contribution in [0.3, 0.4) is 0 Å². The molecule has 0 radical (unpaired) electrons. The largest absolute Gasteiger partial charge is 0.0776 e. The first-order valence-electron chi connectivity index (χ1n) is 14.9. The summed E-state index contributed by atoms with van der Waals surface area (Å²) in [5, 5.41) is 0. The molecule has 0 saturated heterocycles. The van der Waals surface area contributed by atoms with Gasteiger partial charge in [-0.1, -0.05) is 186 Å². The van der Waals surface area contributed by atoms with Gasteiger partial charge in [0, 0.05) is 0 Å². The molecule has 37 heavy (non-hydrogen) atoms. The van der Waals surface area contributed by atoms with E-state index in [1.165, 1.54) is 74.5 Å². The fraction of sp³-hybridized carbons (Fsp3) is 0.514. The molecule has 212 valence electrons. The Morgan fingerprint density at radius 2 is 0.595 bits per heavy atom. The van der Waals surface area contributed by atoms with Crippen molar-refractivity contribution in [2.24, 2.45) is 0 Å². The molecule has 0 N–H and O–H groups in total. The Balaban J connectivity index is -0.000000216. The summed E-state index contributed by atoms with van der Waals surface area (Å²) in [5.74, 6) is 0. The van der Waals surface area contributed by atoms with Gasteiger partial charge in [0.2, 0.25) is 0 Å². The summed E-state index contributed by atoms with van der Waals surface area (Å²) >= 11 is 0. The molecule has 0 saturated carbocycles. The lowest BCUT2D eigenvalue weighted by molar-refractivity contribution is 0.772. The van der Waals surface area contributed by atoms with Gasteiger partial charge in [0.05, 0.1) is 0 Å². The third-order valence-corrected chi connectivity index (χ3v) is 4.99. The Labute approximate surface area is 235 Å². The molecule has 0 aromatic heterocycles. The summed E-state index contributed by atoms with van der Waals surface area (Å²) in [6, 6.07) is 32.0. The molecular formula is C37H64. The third kappa shape index (κ3) is 29.8. The molecule has 3 rings (SSSR count). The quantitative estimate of drug-likeness (QED) is 0.269. The fourth-order valence-corrected chi connectivity index (χ4v) is 3.17. The lowest BCUT2D eigenvalue weighted by Gasteiger charge is -2.01. The molecule has 0 atom stereocenters. The van der Waals surface area contributed by atoms with Gasteiger partial charge < -0.3 is 0 Å². The Morgan fingerprint density at radius 3 is 0.811 bits per heavy atom. The van der Waals surface area contributed by atoms with E-state index in [-0.39, 0.29) is 7.43 Å². The van der Waals surface area contributed by atoms with Crippen LogP contribution in [0, 0.1) is 0 Å². The molecule has 0 amide bonds. The Bertz CT molecular complexity index is 659. The van der Waals surface area contributed by atoms with Gasteiger partial charge in [-0.3, -0.25) is 0 Å². The van der Waals surface area contributed by atoms with Crippen LogP contribution in [-0.2, 0) is 19.3 Å². The van der Waals surface area contributed by atoms with Gasteiger partial charge in [0.25, 0.3) is 0 Å². The van der Waals surface area contributed by atoms with E-state index in [1.54, 1.807) is 0 Å². The smallest absolute Gasteiger partial charge is 0.0276 e. The zero-order valence-corrected chi connectivity index (χ0v) is 25.5. The van der Waals surface area contributed by atoms with Gasteiger partial charge in [-0.15, -0.1) is 0 Å². The maximum absolute atomic E-state index is 2.23. The molecule has 0 bridgehead atoms. The highest BCUT2D eigenvalue weighted by Crippen LogP contribution is 2.07. The van der Waals surface area contributed by atoms with Gasteiger partial charge >= 0.3 is 0 Å². The van der Waals surface area contributed by atoms with E-state index >= 15 is 0 Å². The molecule has 0 aliphatic carbocycles. The third-order valence-electron chi connectivity index (χ3n) is 4.99. The molecule has 0 aliphatic heterocycles. The van der Waals surface area contributed by atoms with Gasteiger partial charge in [-0.2, -0.15) is 0 Å². The monoisotopic (exact) mass is 509 g/mol. The van der Waals surface area contributed by atoms with E-state index in [0.717, 1.165) is 0 Å². The number of unbranched alkanes of at least 4 members (excludes halogenated alkanes) is 3. The number of hydrogen-bond acceptors (Lipinski definition) is 0. The normalized spacial score (nSPS) is 8.35. The molecule has 0 aliphatic rings. The molecule has 0 unspecified atom stereocenters. The maximum Gasteiger partial charge on any atom is -0.0276 e. The van der Waals surface area contributed by atoms with Crippen molar-refractivity contribution in [3.05, 3.63) is 108 Å². The van der Waals surface area contributed by atoms with Crippen LogP contribution >= 0.6 is 0 Å². The minimum Gasteiger partial charge on any atom is -0.0776 e. The molecule has 0 fully saturated rings. The van der Waals surface area contributed by atoms with Gasteiger partial charge in [0.15, 0.2) is 0 Å². The maximum atomic E-state index is 2.23. The van der Waals surface area contributed by atoms with Gasteiger partial charge in [-0.25, -0.2) is 0 Å². The van der Waals surface area contributed by atoms with E-state index in [4.69, 9.17) is 0 Å². The number of rotatable bonds is 9. The summed E-state index contributed by atoms with van der Waals surface area (Å²) in [4.78, 5) is 0. The first-order valence-corrected chi connectivity index (χ1v) is 14.9. The molecule has 0 nitrogen and oxygen atoms in total. The van der Waals surface area contributed by atoms with Crippen LogP contribution in [0.1, 0.15) is 125 Å². The minimum absolute atomic E-state index is 0. The Kier molecular flexibility index (Phi) is 43.1. The second kappa shape index (κ2) is 38.2. The van der Waals surface area contributed by atoms with Crippen LogP contribution < -0.4 is 0 Å². The van der Waals surface area contributed by atoms with E-state index in [0.29, 0.717) is 0 Å². The Hall–Kier alpha value is -2.34. The van der Waals surface area contributed by atoms with Crippen molar-refractivity contribution < 1.29 is 0 Å². The van der Waals surface area contributed by atoms with Crippen LogP contribution in [0.15, 0.2) is 91.0 Å². The highest BCUT2D eigenvalue weighted by molar-refractivity contribution is 5.17. The summed E-state index contributed by atoms with van der Waals surface area (Å²) in [7, 11) is 0. The van der Waals surface area contributed by atoms with E-state index < -0.39 is 0 Å². The molecule has 0 spiro atoms. The van der Waals surface area contributed by atoms with Crippen LogP contribution in [-0.4, -0.2) is 0 Å². The summed E-state index contributed by atoms with van der Waals surface area (Å²) in [6.07, 6.45) is 11.5. The van der Waals surface area contributed by atoms with Gasteiger partial charge in [-0.05, 0) is 48.8 Å². The minimum atomic E-state index is 0. The zero-order chi connectivity index (χ0) is 27.7. The van der Waals surface area contributed by atoms with Crippen LogP contribution in [0.4, 0.5) is 0 Å². The van der Waals surface area contributed by atoms with Crippen LogP contribution in [0.5, 0.6) is 0 Å². The predicted octanol–water partition coefficient (Wildman–Crippen LogP) is 12.8. The number of aryl methyl sites for hydroxylation is 3. The summed E-state index contributed by atoms with van der Waals surface area (Å²) in [6.45, 7) is 18.6.